The van der Waals surface area contributed by atoms with Crippen LogP contribution in [0.25, 0.3) is 10.9 Å². The summed E-state index contributed by atoms with van der Waals surface area (Å²) in [5, 5.41) is 4.13. The molecule has 28 heavy (non-hydrogen) atoms. The topological polar surface area (TPSA) is 79.1 Å². The molecule has 0 unspecified atom stereocenters. The number of anilines is 1. The van der Waals surface area contributed by atoms with E-state index in [0.717, 1.165) is 22.4 Å². The summed E-state index contributed by atoms with van der Waals surface area (Å²) in [5.41, 5.74) is 2.28. The minimum absolute atomic E-state index is 0.466. The van der Waals surface area contributed by atoms with Gasteiger partial charge in [-0.1, -0.05) is 6.07 Å². The van der Waals surface area contributed by atoms with E-state index in [0.29, 0.717) is 29.2 Å². The fourth-order valence-corrected chi connectivity index (χ4v) is 3.01. The number of nitrogens with one attached hydrogen (secondary N) is 1. The zero-order valence-corrected chi connectivity index (χ0v) is 16.6. The highest BCUT2D eigenvalue weighted by molar-refractivity contribution is 5.84. The Kier molecular flexibility index (Phi) is 5.88. The molecule has 8 heteroatoms. The number of hydrogen-bond donors (Lipinski definition) is 1. The normalized spacial score (nSPS) is 11.4. The van der Waals surface area contributed by atoms with Crippen LogP contribution in [0.2, 0.25) is 0 Å². The molecule has 0 spiro atoms. The van der Waals surface area contributed by atoms with Gasteiger partial charge in [0.15, 0.2) is 5.49 Å². The molecule has 0 amide bonds. The molecule has 0 aliphatic rings. The van der Waals surface area contributed by atoms with Crippen molar-refractivity contribution in [3.63, 3.8) is 0 Å². The van der Waals surface area contributed by atoms with Crippen molar-refractivity contribution in [2.75, 3.05) is 40.8 Å². The smallest absolute Gasteiger partial charge is 0.240 e. The number of fused-ring (bicyclic) bond motifs is 1. The second-order valence-electron chi connectivity index (χ2n) is 5.85. The summed E-state index contributed by atoms with van der Waals surface area (Å²) in [6.07, 6.45) is 0. The molecule has 1 heterocycles. The molecule has 0 bridgehead atoms. The van der Waals surface area contributed by atoms with Crippen LogP contribution in [0.5, 0.6) is 17.2 Å². The third-order valence-corrected chi connectivity index (χ3v) is 4.39. The molecule has 0 fully saturated rings. The second kappa shape index (κ2) is 8.51. The molecule has 3 aromatic rings. The lowest BCUT2D eigenvalue weighted by Gasteiger charge is -2.17. The highest BCUT2D eigenvalue weighted by Crippen LogP contribution is 2.26. The van der Waals surface area contributed by atoms with Crippen LogP contribution in [-0.2, 0) is 6.54 Å². The van der Waals surface area contributed by atoms with Gasteiger partial charge in [-0.05, 0) is 24.3 Å². The maximum Gasteiger partial charge on any atom is 0.240 e. The molecule has 3 rings (SSSR count). The van der Waals surface area contributed by atoms with Gasteiger partial charge >= 0.3 is 0 Å². The molecule has 0 aliphatic heterocycles. The number of rotatable bonds is 7. The first-order valence-electron chi connectivity index (χ1n) is 8.68. The van der Waals surface area contributed by atoms with Crippen LogP contribution in [0.15, 0.2) is 41.4 Å². The van der Waals surface area contributed by atoms with E-state index in [2.05, 4.69) is 10.3 Å². The Bertz CT molecular complexity index is 1050. The van der Waals surface area contributed by atoms with Crippen molar-refractivity contribution in [2.24, 2.45) is 4.99 Å². The van der Waals surface area contributed by atoms with Crippen molar-refractivity contribution >= 4 is 16.9 Å². The Labute approximate surface area is 163 Å². The van der Waals surface area contributed by atoms with E-state index in [1.807, 2.05) is 36.4 Å². The number of benzene rings is 2. The summed E-state index contributed by atoms with van der Waals surface area (Å²) in [5.74, 6) is 2.61. The molecule has 0 aliphatic carbocycles. The lowest BCUT2D eigenvalue weighted by molar-refractivity contribution is 0.158. The Morgan fingerprint density at radius 1 is 1.00 bits per heavy atom. The van der Waals surface area contributed by atoms with Gasteiger partial charge in [-0.2, -0.15) is 0 Å². The number of hydrogen-bond acceptors (Lipinski definition) is 7. The Morgan fingerprint density at radius 3 is 2.43 bits per heavy atom. The molecule has 0 saturated heterocycles. The van der Waals surface area contributed by atoms with Crippen molar-refractivity contribution in [2.45, 2.75) is 6.54 Å². The SMILES string of the molecule is C/N=c1/c2cccc(OC)c2nc(NCc2ccc(OC)cc2OC)n1OC. The van der Waals surface area contributed by atoms with E-state index in [1.54, 1.807) is 40.2 Å². The summed E-state index contributed by atoms with van der Waals surface area (Å²) in [4.78, 5) is 14.6. The van der Waals surface area contributed by atoms with Crippen LogP contribution in [0.1, 0.15) is 5.56 Å². The zero-order chi connectivity index (χ0) is 20.1. The molecule has 148 valence electrons. The summed E-state index contributed by atoms with van der Waals surface area (Å²) in [7, 11) is 8.14. The summed E-state index contributed by atoms with van der Waals surface area (Å²) in [6, 6.07) is 11.3. The van der Waals surface area contributed by atoms with Crippen molar-refractivity contribution in [1.82, 2.24) is 9.71 Å². The fraction of sp³-hybridized carbons (Fsp3) is 0.300. The van der Waals surface area contributed by atoms with E-state index in [4.69, 9.17) is 24.0 Å². The Balaban J connectivity index is 2.06. The van der Waals surface area contributed by atoms with Gasteiger partial charge < -0.3 is 24.4 Å². The quantitative estimate of drug-likeness (QED) is 0.673. The molecule has 1 N–H and O–H groups in total. The lowest BCUT2D eigenvalue weighted by atomic mass is 10.2. The molecule has 1 aromatic heterocycles. The van der Waals surface area contributed by atoms with Crippen LogP contribution < -0.4 is 29.9 Å². The van der Waals surface area contributed by atoms with Gasteiger partial charge in [-0.25, -0.2) is 4.98 Å². The fourth-order valence-electron chi connectivity index (χ4n) is 3.01. The maximum absolute atomic E-state index is 5.54. The standard InChI is InChI=1S/C20H24N4O4/c1-21-19-15-7-6-8-16(26-3)18(15)23-20(24(19)28-5)22-12-13-9-10-14(25-2)11-17(13)27-4/h6-11H,12H2,1-5H3,(H,22,23)/b21-19-. The van der Waals surface area contributed by atoms with Crippen molar-refractivity contribution < 1.29 is 19.0 Å². The number of aromatic nitrogens is 2. The number of nitrogens with zero attached hydrogens (tertiary/aromatic N) is 3. The Hall–Kier alpha value is -3.42. The van der Waals surface area contributed by atoms with E-state index in [1.165, 1.54) is 0 Å². The highest BCUT2D eigenvalue weighted by Gasteiger charge is 2.14. The van der Waals surface area contributed by atoms with Gasteiger partial charge in [-0.15, -0.1) is 4.73 Å². The summed E-state index contributed by atoms with van der Waals surface area (Å²) < 4.78 is 17.7. The number of ether oxygens (including phenoxy) is 3. The molecule has 0 atom stereocenters. The first-order chi connectivity index (χ1) is 13.7. The average molecular weight is 384 g/mol. The van der Waals surface area contributed by atoms with E-state index in [-0.39, 0.29) is 0 Å². The molecule has 8 nitrogen and oxygen atoms in total. The van der Waals surface area contributed by atoms with Gasteiger partial charge in [0.05, 0.1) is 26.7 Å². The number of methoxy groups -OCH3 is 3. The minimum atomic E-state index is 0.466. The van der Waals surface area contributed by atoms with Crippen LogP contribution in [0.3, 0.4) is 0 Å². The molecular weight excluding hydrogens is 360 g/mol. The number of para-hydroxylation sites is 1. The van der Waals surface area contributed by atoms with Crippen molar-refractivity contribution in [3.05, 3.63) is 47.4 Å². The van der Waals surface area contributed by atoms with Crippen LogP contribution in [0.4, 0.5) is 5.95 Å². The third kappa shape index (κ3) is 3.53. The predicted molar refractivity (Wildman–Crippen MR) is 107 cm³/mol. The van der Waals surface area contributed by atoms with Gasteiger partial charge in [-0.3, -0.25) is 4.99 Å². The Morgan fingerprint density at radius 2 is 1.79 bits per heavy atom. The van der Waals surface area contributed by atoms with Crippen LogP contribution in [-0.4, -0.2) is 45.2 Å². The third-order valence-electron chi connectivity index (χ3n) is 4.39. The summed E-state index contributed by atoms with van der Waals surface area (Å²) in [6.45, 7) is 0.466. The van der Waals surface area contributed by atoms with Crippen LogP contribution >= 0.6 is 0 Å². The first kappa shape index (κ1) is 19.3. The molecule has 0 saturated carbocycles. The zero-order valence-electron chi connectivity index (χ0n) is 16.6. The van der Waals surface area contributed by atoms with Crippen molar-refractivity contribution in [1.29, 1.82) is 0 Å². The monoisotopic (exact) mass is 384 g/mol. The average Bonchev–Trinajstić information content (AvgIpc) is 2.75. The van der Waals surface area contributed by atoms with Crippen molar-refractivity contribution in [3.8, 4) is 17.2 Å². The van der Waals surface area contributed by atoms with Crippen LogP contribution in [0, 0.1) is 0 Å². The van der Waals surface area contributed by atoms with Gasteiger partial charge in [0, 0.05) is 25.2 Å². The van der Waals surface area contributed by atoms with Gasteiger partial charge in [0.2, 0.25) is 5.95 Å². The van der Waals surface area contributed by atoms with E-state index < -0.39 is 0 Å². The highest BCUT2D eigenvalue weighted by atomic mass is 16.6. The molecule has 0 radical (unpaired) electrons. The second-order valence-corrected chi connectivity index (χ2v) is 5.85. The van der Waals surface area contributed by atoms with Gasteiger partial charge in [0.1, 0.15) is 29.9 Å². The molecular formula is C20H24N4O4. The minimum Gasteiger partial charge on any atom is -0.497 e. The first-order valence-corrected chi connectivity index (χ1v) is 8.68. The van der Waals surface area contributed by atoms with E-state index in [9.17, 15) is 0 Å². The largest absolute Gasteiger partial charge is 0.497 e. The van der Waals surface area contributed by atoms with E-state index >= 15 is 0 Å². The lowest BCUT2D eigenvalue weighted by Crippen LogP contribution is -2.30. The molecule has 2 aromatic carbocycles. The van der Waals surface area contributed by atoms with Gasteiger partial charge in [0.25, 0.3) is 0 Å². The maximum atomic E-state index is 5.54. The predicted octanol–water partition coefficient (Wildman–Crippen LogP) is 2.26. The summed E-state index contributed by atoms with van der Waals surface area (Å²) >= 11 is 0.